The van der Waals surface area contributed by atoms with Crippen LogP contribution in [0, 0.1) is 0 Å². The Labute approximate surface area is 135 Å². The summed E-state index contributed by atoms with van der Waals surface area (Å²) in [5.41, 5.74) is -8.21. The van der Waals surface area contributed by atoms with E-state index in [9.17, 15) is 52.7 Å². The fraction of sp³-hybridized carbons (Fsp3) is 0.455. The van der Waals surface area contributed by atoms with Gasteiger partial charge in [0.2, 0.25) is 0 Å². The van der Waals surface area contributed by atoms with Crippen molar-refractivity contribution in [3.63, 3.8) is 0 Å². The lowest BCUT2D eigenvalue weighted by atomic mass is 9.86. The van der Waals surface area contributed by atoms with Gasteiger partial charge in [0.25, 0.3) is 0 Å². The maximum atomic E-state index is 14.1. The maximum Gasteiger partial charge on any atom is 0.457 e. The third-order valence-corrected chi connectivity index (χ3v) is 3.32. The Kier molecular flexibility index (Phi) is 4.94. The van der Waals surface area contributed by atoms with E-state index in [1.54, 1.807) is 0 Å². The summed E-state index contributed by atoms with van der Waals surface area (Å²) in [4.78, 5) is 0. The molecule has 1 rings (SSSR count). The molecule has 0 heterocycles. The number of hydrogen-bond acceptors (Lipinski definition) is 1. The van der Waals surface area contributed by atoms with Gasteiger partial charge in [-0.25, -0.2) is 4.39 Å². The average Bonchev–Trinajstić information content (AvgIpc) is 2.36. The first-order valence-electron chi connectivity index (χ1n) is 5.65. The van der Waals surface area contributed by atoms with Gasteiger partial charge < -0.3 is 5.73 Å². The van der Waals surface area contributed by atoms with Gasteiger partial charge in [-0.15, -0.1) is 0 Å². The molecule has 1 aromatic carbocycles. The topological polar surface area (TPSA) is 26.0 Å². The van der Waals surface area contributed by atoms with Crippen LogP contribution in [0.25, 0.3) is 0 Å². The van der Waals surface area contributed by atoms with Crippen molar-refractivity contribution in [2.75, 3.05) is 5.73 Å². The van der Waals surface area contributed by atoms with E-state index < -0.39 is 64.1 Å². The molecule has 0 amide bonds. The standard InChI is InChI=1S/C11H4ClF12N/c12-5-2-3(1-4(6(5)25)8(14,15)16)7(13,10(19,20)21)9(17,18)11(22,23)24/h1-2H,25H2. The van der Waals surface area contributed by atoms with Crippen molar-refractivity contribution in [1.29, 1.82) is 0 Å². The lowest BCUT2D eigenvalue weighted by Crippen LogP contribution is -2.59. The number of benzene rings is 1. The molecule has 0 spiro atoms. The first-order valence-corrected chi connectivity index (χ1v) is 6.03. The van der Waals surface area contributed by atoms with Gasteiger partial charge in [0.15, 0.2) is 0 Å². The van der Waals surface area contributed by atoms with E-state index in [2.05, 4.69) is 0 Å². The van der Waals surface area contributed by atoms with Crippen LogP contribution in [0.15, 0.2) is 12.1 Å². The number of anilines is 1. The second-order valence-corrected chi connectivity index (χ2v) is 5.05. The summed E-state index contributed by atoms with van der Waals surface area (Å²) in [6, 6.07) is -1.37. The molecule has 0 saturated heterocycles. The van der Waals surface area contributed by atoms with Crippen molar-refractivity contribution in [3.05, 3.63) is 28.3 Å². The third-order valence-electron chi connectivity index (χ3n) is 3.01. The van der Waals surface area contributed by atoms with Gasteiger partial charge in [-0.05, 0) is 12.1 Å². The molecule has 14 heteroatoms. The van der Waals surface area contributed by atoms with Gasteiger partial charge in [0.1, 0.15) is 0 Å². The van der Waals surface area contributed by atoms with Crippen molar-refractivity contribution >= 4 is 17.3 Å². The normalized spacial score (nSPS) is 16.7. The Morgan fingerprint density at radius 3 is 1.48 bits per heavy atom. The van der Waals surface area contributed by atoms with Crippen LogP contribution >= 0.6 is 11.6 Å². The van der Waals surface area contributed by atoms with Crippen LogP contribution in [-0.2, 0) is 11.8 Å². The van der Waals surface area contributed by atoms with E-state index in [-0.39, 0.29) is 0 Å². The summed E-state index contributed by atoms with van der Waals surface area (Å²) in [6.45, 7) is 0. The highest BCUT2D eigenvalue weighted by Crippen LogP contribution is 2.59. The van der Waals surface area contributed by atoms with Gasteiger partial charge in [-0.1, -0.05) is 11.6 Å². The molecule has 0 saturated carbocycles. The molecule has 1 atom stereocenters. The molecule has 1 nitrogen and oxygen atoms in total. The van der Waals surface area contributed by atoms with Crippen LogP contribution in [-0.4, -0.2) is 18.3 Å². The molecule has 0 aliphatic carbocycles. The molecule has 144 valence electrons. The van der Waals surface area contributed by atoms with Gasteiger partial charge in [0.05, 0.1) is 16.3 Å². The zero-order chi connectivity index (χ0) is 20.2. The Morgan fingerprint density at radius 1 is 0.720 bits per heavy atom. The Bertz CT molecular complexity index is 659. The molecule has 1 unspecified atom stereocenters. The first-order chi connectivity index (χ1) is 10.8. The summed E-state index contributed by atoms with van der Waals surface area (Å²) < 4.78 is 154. The zero-order valence-corrected chi connectivity index (χ0v) is 11.9. The molecule has 0 radical (unpaired) electrons. The SMILES string of the molecule is Nc1c(Cl)cc(C(F)(C(F)(F)F)C(F)(F)C(F)(F)F)cc1C(F)(F)F. The quantitative estimate of drug-likeness (QED) is 0.476. The Balaban J connectivity index is 3.92. The molecule has 25 heavy (non-hydrogen) atoms. The van der Waals surface area contributed by atoms with Crippen LogP contribution in [0.3, 0.4) is 0 Å². The van der Waals surface area contributed by atoms with Crippen molar-refractivity contribution in [2.24, 2.45) is 0 Å². The van der Waals surface area contributed by atoms with E-state index in [0.29, 0.717) is 0 Å². The predicted octanol–water partition coefficient (Wildman–Crippen LogP) is 5.87. The molecule has 0 bridgehead atoms. The van der Waals surface area contributed by atoms with Crippen molar-refractivity contribution < 1.29 is 52.7 Å². The molecular weight excluding hydrogens is 410 g/mol. The Hall–Kier alpha value is -1.53. The summed E-state index contributed by atoms with van der Waals surface area (Å²) in [5, 5.41) is -1.49. The van der Waals surface area contributed by atoms with E-state index in [4.69, 9.17) is 17.3 Å². The maximum absolute atomic E-state index is 14.1. The van der Waals surface area contributed by atoms with Crippen LogP contribution in [0.4, 0.5) is 58.4 Å². The summed E-state index contributed by atoms with van der Waals surface area (Å²) in [7, 11) is 0. The largest absolute Gasteiger partial charge is 0.457 e. The highest BCUT2D eigenvalue weighted by atomic mass is 35.5. The van der Waals surface area contributed by atoms with Crippen molar-refractivity contribution in [1.82, 2.24) is 0 Å². The van der Waals surface area contributed by atoms with Gasteiger partial charge in [0, 0.05) is 5.56 Å². The number of hydrogen-bond donors (Lipinski definition) is 1. The van der Waals surface area contributed by atoms with E-state index in [1.165, 1.54) is 0 Å². The molecule has 0 aliphatic heterocycles. The zero-order valence-electron chi connectivity index (χ0n) is 11.1. The summed E-state index contributed by atoms with van der Waals surface area (Å²) in [6.07, 6.45) is -19.6. The van der Waals surface area contributed by atoms with Gasteiger partial charge in [-0.3, -0.25) is 0 Å². The highest BCUT2D eigenvalue weighted by molar-refractivity contribution is 6.33. The minimum atomic E-state index is -7.12. The van der Waals surface area contributed by atoms with Crippen molar-refractivity contribution in [3.8, 4) is 0 Å². The average molecular weight is 414 g/mol. The highest BCUT2D eigenvalue weighted by Gasteiger charge is 2.81. The molecule has 0 aromatic heterocycles. The molecule has 2 N–H and O–H groups in total. The number of halogens is 13. The van der Waals surface area contributed by atoms with E-state index in [0.717, 1.165) is 0 Å². The molecule has 1 aromatic rings. The fourth-order valence-electron chi connectivity index (χ4n) is 1.77. The summed E-state index contributed by atoms with van der Waals surface area (Å²) in [5.74, 6) is -7.12. The number of nitrogens with two attached hydrogens (primary N) is 1. The first kappa shape index (κ1) is 21.5. The Morgan fingerprint density at radius 2 is 1.16 bits per heavy atom. The van der Waals surface area contributed by atoms with E-state index in [1.807, 2.05) is 0 Å². The minimum absolute atomic E-state index is 0.473. The van der Waals surface area contributed by atoms with Crippen LogP contribution in [0.2, 0.25) is 5.02 Å². The monoisotopic (exact) mass is 413 g/mol. The van der Waals surface area contributed by atoms with Crippen molar-refractivity contribution in [2.45, 2.75) is 30.1 Å². The lowest BCUT2D eigenvalue weighted by Gasteiger charge is -2.36. The fourth-order valence-corrected chi connectivity index (χ4v) is 1.99. The lowest BCUT2D eigenvalue weighted by molar-refractivity contribution is -0.389. The van der Waals surface area contributed by atoms with Crippen LogP contribution in [0.1, 0.15) is 11.1 Å². The third kappa shape index (κ3) is 3.29. The second-order valence-electron chi connectivity index (χ2n) is 4.65. The number of rotatable bonds is 2. The van der Waals surface area contributed by atoms with Gasteiger partial charge in [-0.2, -0.15) is 48.3 Å². The molecule has 0 fully saturated rings. The van der Waals surface area contributed by atoms with E-state index >= 15 is 0 Å². The molecular formula is C11H4ClF12N. The number of nitrogen functional groups attached to an aromatic ring is 1. The molecule has 0 aliphatic rings. The smallest absolute Gasteiger partial charge is 0.397 e. The summed E-state index contributed by atoms with van der Waals surface area (Å²) >= 11 is 5.06. The predicted molar refractivity (Wildman–Crippen MR) is 60.7 cm³/mol. The van der Waals surface area contributed by atoms with Crippen LogP contribution in [0.5, 0.6) is 0 Å². The number of alkyl halides is 12. The van der Waals surface area contributed by atoms with Gasteiger partial charge >= 0.3 is 30.1 Å². The second kappa shape index (κ2) is 5.74. The van der Waals surface area contributed by atoms with Crippen LogP contribution < -0.4 is 5.73 Å². The minimum Gasteiger partial charge on any atom is -0.397 e.